The molecular weight excluding hydrogens is 298 g/mol. The maximum absolute atomic E-state index is 6.20. The lowest BCUT2D eigenvalue weighted by Gasteiger charge is -2.19. The molecule has 0 radical (unpaired) electrons. The van der Waals surface area contributed by atoms with Crippen LogP contribution >= 0.6 is 27.5 Å². The van der Waals surface area contributed by atoms with E-state index in [2.05, 4.69) is 34.2 Å². The van der Waals surface area contributed by atoms with Crippen LogP contribution in [0, 0.1) is 5.92 Å². The third kappa shape index (κ3) is 3.89. The fourth-order valence-electron chi connectivity index (χ4n) is 2.46. The van der Waals surface area contributed by atoms with Gasteiger partial charge in [0.25, 0.3) is 0 Å². The summed E-state index contributed by atoms with van der Waals surface area (Å²) in [6.07, 6.45) is 6.52. The molecular formula is C14H19BrClN. The molecule has 1 aliphatic carbocycles. The zero-order valence-electron chi connectivity index (χ0n) is 10.2. The highest BCUT2D eigenvalue weighted by Gasteiger charge is 2.16. The monoisotopic (exact) mass is 315 g/mol. The second kappa shape index (κ2) is 6.10. The normalized spacial score (nSPS) is 25.4. The summed E-state index contributed by atoms with van der Waals surface area (Å²) in [5.41, 5.74) is 1.06. The maximum atomic E-state index is 6.20. The van der Waals surface area contributed by atoms with Crippen LogP contribution in [0.25, 0.3) is 0 Å². The minimum absolute atomic E-state index is 0.576. The van der Waals surface area contributed by atoms with Gasteiger partial charge in [-0.3, -0.25) is 0 Å². The number of nitrogens with one attached hydrogen (secondary N) is 1. The molecule has 1 N–H and O–H groups in total. The maximum Gasteiger partial charge on any atom is 0.0638 e. The molecule has 0 bridgehead atoms. The van der Waals surface area contributed by atoms with E-state index in [1.54, 1.807) is 0 Å². The van der Waals surface area contributed by atoms with Gasteiger partial charge in [0.05, 0.1) is 10.7 Å². The lowest BCUT2D eigenvalue weighted by Crippen LogP contribution is -2.18. The van der Waals surface area contributed by atoms with Crippen molar-refractivity contribution in [3.05, 3.63) is 27.7 Å². The fraction of sp³-hybridized carbons (Fsp3) is 0.571. The Morgan fingerprint density at radius 2 is 2.06 bits per heavy atom. The molecule has 0 saturated heterocycles. The summed E-state index contributed by atoms with van der Waals surface area (Å²) in [5, 5.41) is 4.40. The van der Waals surface area contributed by atoms with E-state index in [9.17, 15) is 0 Å². The third-order valence-electron chi connectivity index (χ3n) is 3.55. The van der Waals surface area contributed by atoms with Gasteiger partial charge in [-0.1, -0.05) is 47.3 Å². The van der Waals surface area contributed by atoms with Gasteiger partial charge in [0, 0.05) is 10.5 Å². The van der Waals surface area contributed by atoms with Gasteiger partial charge in [-0.2, -0.15) is 0 Å². The summed E-state index contributed by atoms with van der Waals surface area (Å²) in [6.45, 7) is 2.36. The minimum Gasteiger partial charge on any atom is -0.381 e. The largest absolute Gasteiger partial charge is 0.381 e. The van der Waals surface area contributed by atoms with E-state index < -0.39 is 0 Å². The van der Waals surface area contributed by atoms with Crippen LogP contribution in [-0.2, 0) is 0 Å². The standard InChI is InChI=1S/C14H19BrClN/c1-10-3-2-4-12(7-5-10)17-14-9-11(15)6-8-13(14)16/h6,8-10,12,17H,2-5,7H2,1H3. The van der Waals surface area contributed by atoms with E-state index in [0.29, 0.717) is 6.04 Å². The van der Waals surface area contributed by atoms with E-state index in [4.69, 9.17) is 11.6 Å². The highest BCUT2D eigenvalue weighted by Crippen LogP contribution is 2.30. The molecule has 0 aliphatic heterocycles. The van der Waals surface area contributed by atoms with E-state index in [0.717, 1.165) is 21.1 Å². The van der Waals surface area contributed by atoms with Crippen molar-refractivity contribution in [2.75, 3.05) is 5.32 Å². The van der Waals surface area contributed by atoms with Crippen molar-refractivity contribution in [3.63, 3.8) is 0 Å². The average Bonchev–Trinajstić information content (AvgIpc) is 2.49. The first-order valence-electron chi connectivity index (χ1n) is 6.37. The summed E-state index contributed by atoms with van der Waals surface area (Å²) in [7, 11) is 0. The second-order valence-electron chi connectivity index (χ2n) is 5.08. The Kier molecular flexibility index (Phi) is 4.75. The minimum atomic E-state index is 0.576. The molecule has 0 spiro atoms. The Bertz CT molecular complexity index is 380. The van der Waals surface area contributed by atoms with Crippen LogP contribution in [0.2, 0.25) is 5.02 Å². The van der Waals surface area contributed by atoms with Crippen molar-refractivity contribution in [1.82, 2.24) is 0 Å². The Hall–Kier alpha value is -0.210. The van der Waals surface area contributed by atoms with Crippen molar-refractivity contribution in [3.8, 4) is 0 Å². The van der Waals surface area contributed by atoms with Gasteiger partial charge in [0.2, 0.25) is 0 Å². The van der Waals surface area contributed by atoms with Crippen molar-refractivity contribution in [2.24, 2.45) is 5.92 Å². The van der Waals surface area contributed by atoms with Crippen LogP contribution in [0.5, 0.6) is 0 Å². The van der Waals surface area contributed by atoms with Crippen molar-refractivity contribution >= 4 is 33.2 Å². The number of anilines is 1. The molecule has 0 aromatic heterocycles. The smallest absolute Gasteiger partial charge is 0.0638 e. The first-order chi connectivity index (χ1) is 8.15. The lowest BCUT2D eigenvalue weighted by molar-refractivity contribution is 0.502. The molecule has 1 aromatic carbocycles. The van der Waals surface area contributed by atoms with Crippen LogP contribution in [0.3, 0.4) is 0 Å². The quantitative estimate of drug-likeness (QED) is 0.712. The first kappa shape index (κ1) is 13.2. The van der Waals surface area contributed by atoms with Gasteiger partial charge < -0.3 is 5.32 Å². The first-order valence-corrected chi connectivity index (χ1v) is 7.54. The summed E-state index contributed by atoms with van der Waals surface area (Å²) in [5.74, 6) is 0.875. The van der Waals surface area contributed by atoms with Crippen molar-refractivity contribution < 1.29 is 0 Å². The van der Waals surface area contributed by atoms with Crippen LogP contribution in [0.15, 0.2) is 22.7 Å². The van der Waals surface area contributed by atoms with Crippen LogP contribution in [-0.4, -0.2) is 6.04 Å². The van der Waals surface area contributed by atoms with Crippen LogP contribution in [0.1, 0.15) is 39.0 Å². The number of hydrogen-bond donors (Lipinski definition) is 1. The van der Waals surface area contributed by atoms with Gasteiger partial charge in [0.15, 0.2) is 0 Å². The molecule has 3 heteroatoms. The molecule has 1 fully saturated rings. The van der Waals surface area contributed by atoms with E-state index in [1.807, 2.05) is 12.1 Å². The second-order valence-corrected chi connectivity index (χ2v) is 6.40. The van der Waals surface area contributed by atoms with Gasteiger partial charge in [0.1, 0.15) is 0 Å². The lowest BCUT2D eigenvalue weighted by atomic mass is 10.0. The molecule has 2 rings (SSSR count). The number of rotatable bonds is 2. The van der Waals surface area contributed by atoms with E-state index in [1.165, 1.54) is 32.1 Å². The Morgan fingerprint density at radius 3 is 2.88 bits per heavy atom. The summed E-state index contributed by atoms with van der Waals surface area (Å²) in [6, 6.07) is 6.55. The zero-order valence-corrected chi connectivity index (χ0v) is 12.5. The zero-order chi connectivity index (χ0) is 12.3. The Labute approximate surface area is 117 Å². The van der Waals surface area contributed by atoms with Crippen LogP contribution < -0.4 is 5.32 Å². The molecule has 17 heavy (non-hydrogen) atoms. The molecule has 0 heterocycles. The summed E-state index contributed by atoms with van der Waals surface area (Å²) < 4.78 is 1.08. The van der Waals surface area contributed by atoms with Gasteiger partial charge in [-0.05, 0) is 43.4 Å². The van der Waals surface area contributed by atoms with Gasteiger partial charge in [-0.15, -0.1) is 0 Å². The SMILES string of the molecule is CC1CCCC(Nc2cc(Br)ccc2Cl)CC1. The fourth-order valence-corrected chi connectivity index (χ4v) is 2.99. The highest BCUT2D eigenvalue weighted by molar-refractivity contribution is 9.10. The van der Waals surface area contributed by atoms with Crippen molar-refractivity contribution in [2.45, 2.75) is 45.1 Å². The van der Waals surface area contributed by atoms with E-state index in [-0.39, 0.29) is 0 Å². The van der Waals surface area contributed by atoms with Crippen molar-refractivity contribution in [1.29, 1.82) is 0 Å². The molecule has 1 aliphatic rings. The summed E-state index contributed by atoms with van der Waals surface area (Å²) >= 11 is 9.69. The van der Waals surface area contributed by atoms with Crippen LogP contribution in [0.4, 0.5) is 5.69 Å². The average molecular weight is 317 g/mol. The predicted octanol–water partition coefficient (Wildman–Crippen LogP) is 5.48. The Morgan fingerprint density at radius 1 is 1.24 bits per heavy atom. The molecule has 1 nitrogen and oxygen atoms in total. The molecule has 94 valence electrons. The highest BCUT2D eigenvalue weighted by atomic mass is 79.9. The Balaban J connectivity index is 2.02. The third-order valence-corrected chi connectivity index (χ3v) is 4.37. The molecule has 1 saturated carbocycles. The molecule has 0 amide bonds. The predicted molar refractivity (Wildman–Crippen MR) is 78.8 cm³/mol. The van der Waals surface area contributed by atoms with E-state index >= 15 is 0 Å². The molecule has 2 atom stereocenters. The topological polar surface area (TPSA) is 12.0 Å². The molecule has 1 aromatic rings. The number of hydrogen-bond acceptors (Lipinski definition) is 1. The van der Waals surface area contributed by atoms with Gasteiger partial charge in [-0.25, -0.2) is 0 Å². The number of benzene rings is 1. The summed E-state index contributed by atoms with van der Waals surface area (Å²) in [4.78, 5) is 0. The molecule has 2 unspecified atom stereocenters. The van der Waals surface area contributed by atoms with Gasteiger partial charge >= 0.3 is 0 Å². The number of halogens is 2.